The Morgan fingerprint density at radius 1 is 1.24 bits per heavy atom. The molecule has 0 saturated carbocycles. The van der Waals surface area contributed by atoms with E-state index in [1.54, 1.807) is 15.1 Å². The first-order valence-corrected chi connectivity index (χ1v) is 11.7. The van der Waals surface area contributed by atoms with Crippen LogP contribution < -0.4 is 10.6 Å². The van der Waals surface area contributed by atoms with E-state index in [1.807, 2.05) is 20.0 Å². The van der Waals surface area contributed by atoms with Gasteiger partial charge in [-0.1, -0.05) is 6.42 Å². The third kappa shape index (κ3) is 6.36. The number of guanidine groups is 1. The molecule has 29 heavy (non-hydrogen) atoms. The van der Waals surface area contributed by atoms with Crippen LogP contribution in [-0.2, 0) is 30.2 Å². The van der Waals surface area contributed by atoms with Crippen LogP contribution in [0.1, 0.15) is 36.9 Å². The fraction of sp³-hybridized carbons (Fsp3) is 0.588. The van der Waals surface area contributed by atoms with Gasteiger partial charge in [-0.2, -0.15) is 9.40 Å². The highest BCUT2D eigenvalue weighted by molar-refractivity contribution is 14.0. The third-order valence-corrected chi connectivity index (χ3v) is 7.96. The van der Waals surface area contributed by atoms with Gasteiger partial charge in [0.1, 0.15) is 22.9 Å². The van der Waals surface area contributed by atoms with E-state index >= 15 is 0 Å². The van der Waals surface area contributed by atoms with E-state index in [4.69, 9.17) is 0 Å². The van der Waals surface area contributed by atoms with Crippen LogP contribution in [0.2, 0.25) is 0 Å². The molecule has 0 unspecified atom stereocenters. The Morgan fingerprint density at radius 2 is 2.00 bits per heavy atom. The Bertz CT molecular complexity index is 905. The van der Waals surface area contributed by atoms with E-state index in [9.17, 15) is 8.42 Å². The van der Waals surface area contributed by atoms with Gasteiger partial charge in [0.05, 0.1) is 6.54 Å². The summed E-state index contributed by atoms with van der Waals surface area (Å²) in [6.07, 6.45) is 4.48. The van der Waals surface area contributed by atoms with Gasteiger partial charge in [0.15, 0.2) is 5.96 Å². The van der Waals surface area contributed by atoms with E-state index in [0.717, 1.165) is 36.5 Å². The maximum atomic E-state index is 12.8. The number of aromatic nitrogens is 3. The smallest absolute Gasteiger partial charge is 0.252 e. The molecule has 162 valence electrons. The van der Waals surface area contributed by atoms with Crippen molar-refractivity contribution in [3.63, 3.8) is 0 Å². The van der Waals surface area contributed by atoms with Crippen molar-refractivity contribution in [2.45, 2.75) is 43.5 Å². The maximum Gasteiger partial charge on any atom is 0.252 e. The fourth-order valence-electron chi connectivity index (χ4n) is 2.95. The lowest BCUT2D eigenvalue weighted by molar-refractivity contribution is 0.347. The molecule has 0 radical (unpaired) electrons. The summed E-state index contributed by atoms with van der Waals surface area (Å²) in [5.41, 5.74) is 0. The summed E-state index contributed by atoms with van der Waals surface area (Å²) in [5, 5.41) is 10.5. The number of sulfonamides is 1. The van der Waals surface area contributed by atoms with Gasteiger partial charge in [-0.3, -0.25) is 4.68 Å². The molecular formula is C17H28IN7O2S2. The minimum Gasteiger partial charge on any atom is -0.357 e. The Labute approximate surface area is 193 Å². The van der Waals surface area contributed by atoms with Gasteiger partial charge in [-0.05, 0) is 31.9 Å². The van der Waals surface area contributed by atoms with Crippen molar-refractivity contribution in [2.24, 2.45) is 12.0 Å². The average molecular weight is 553 g/mol. The van der Waals surface area contributed by atoms with Gasteiger partial charge >= 0.3 is 0 Å². The third-order valence-electron chi connectivity index (χ3n) is 4.50. The number of aryl methyl sites for hydroxylation is 1. The zero-order valence-electron chi connectivity index (χ0n) is 16.7. The summed E-state index contributed by atoms with van der Waals surface area (Å²) in [4.78, 5) is 9.62. The summed E-state index contributed by atoms with van der Waals surface area (Å²) in [6, 6.07) is 3.57. The maximum absolute atomic E-state index is 12.8. The Kier molecular flexibility index (Phi) is 9.30. The summed E-state index contributed by atoms with van der Waals surface area (Å²) < 4.78 is 29.2. The number of nitrogens with one attached hydrogen (secondary N) is 2. The standard InChI is InChI=1S/C17H27N7O2S2.HI/c1-3-18-17(20-12-15-21-13-22-23(15)2)19-11-14-7-8-16(27-14)28(25,26)24-9-5-4-6-10-24;/h7-8,13H,3-6,9-12H2,1-2H3,(H2,18,19,20);1H. The number of hydrogen-bond acceptors (Lipinski definition) is 6. The van der Waals surface area contributed by atoms with Gasteiger partial charge in [0.25, 0.3) is 10.0 Å². The monoisotopic (exact) mass is 553 g/mol. The van der Waals surface area contributed by atoms with E-state index in [2.05, 4.69) is 25.7 Å². The molecule has 0 atom stereocenters. The zero-order valence-corrected chi connectivity index (χ0v) is 20.6. The first kappa shape index (κ1) is 24.0. The van der Waals surface area contributed by atoms with Crippen LogP contribution in [0.3, 0.4) is 0 Å². The minimum absolute atomic E-state index is 0. The second-order valence-electron chi connectivity index (χ2n) is 6.53. The first-order valence-electron chi connectivity index (χ1n) is 9.44. The molecule has 0 bridgehead atoms. The summed E-state index contributed by atoms with van der Waals surface area (Å²) in [7, 11) is -1.55. The molecule has 0 spiro atoms. The van der Waals surface area contributed by atoms with Crippen LogP contribution in [0.5, 0.6) is 0 Å². The Morgan fingerprint density at radius 3 is 2.66 bits per heavy atom. The molecule has 1 aliphatic rings. The lowest BCUT2D eigenvalue weighted by Gasteiger charge is -2.25. The predicted octanol–water partition coefficient (Wildman–Crippen LogP) is 1.92. The van der Waals surface area contributed by atoms with Gasteiger partial charge in [0, 0.05) is 31.6 Å². The van der Waals surface area contributed by atoms with E-state index in [-0.39, 0.29) is 24.0 Å². The molecule has 12 heteroatoms. The molecule has 0 aliphatic carbocycles. The van der Waals surface area contributed by atoms with Crippen molar-refractivity contribution >= 4 is 51.3 Å². The molecular weight excluding hydrogens is 525 g/mol. The number of thiophene rings is 1. The van der Waals surface area contributed by atoms with Gasteiger partial charge in [-0.15, -0.1) is 35.3 Å². The molecule has 1 aliphatic heterocycles. The molecule has 0 aromatic carbocycles. The average Bonchev–Trinajstić information content (AvgIpc) is 3.34. The van der Waals surface area contributed by atoms with Crippen LogP contribution in [0, 0.1) is 0 Å². The van der Waals surface area contributed by atoms with Gasteiger partial charge in [0.2, 0.25) is 0 Å². The summed E-state index contributed by atoms with van der Waals surface area (Å²) >= 11 is 1.31. The Hall–Kier alpha value is -1.25. The Balaban J connectivity index is 0.00000300. The van der Waals surface area contributed by atoms with Crippen LogP contribution in [0.4, 0.5) is 0 Å². The molecule has 0 amide bonds. The van der Waals surface area contributed by atoms with Crippen molar-refractivity contribution in [2.75, 3.05) is 19.6 Å². The summed E-state index contributed by atoms with van der Waals surface area (Å²) in [6.45, 7) is 4.87. The van der Waals surface area contributed by atoms with E-state index < -0.39 is 10.0 Å². The van der Waals surface area contributed by atoms with Crippen LogP contribution in [0.25, 0.3) is 0 Å². The summed E-state index contributed by atoms with van der Waals surface area (Å²) in [5.74, 6) is 1.42. The largest absolute Gasteiger partial charge is 0.357 e. The minimum atomic E-state index is -3.37. The van der Waals surface area contributed by atoms with Crippen molar-refractivity contribution in [1.29, 1.82) is 0 Å². The van der Waals surface area contributed by atoms with Crippen LogP contribution in [0.15, 0.2) is 27.7 Å². The van der Waals surface area contributed by atoms with E-state index in [1.165, 1.54) is 17.7 Å². The predicted molar refractivity (Wildman–Crippen MR) is 125 cm³/mol. The SMILES string of the molecule is CCNC(=NCc1ncnn1C)NCc1ccc(S(=O)(=O)N2CCCCC2)s1.I. The molecule has 3 heterocycles. The van der Waals surface area contributed by atoms with Crippen molar-refractivity contribution in [3.05, 3.63) is 29.2 Å². The lowest BCUT2D eigenvalue weighted by atomic mass is 10.2. The van der Waals surface area contributed by atoms with Crippen molar-refractivity contribution in [1.82, 2.24) is 29.7 Å². The topological polar surface area (TPSA) is 105 Å². The molecule has 2 N–H and O–H groups in total. The first-order chi connectivity index (χ1) is 13.5. The normalized spacial score (nSPS) is 15.7. The fourth-order valence-corrected chi connectivity index (χ4v) is 5.92. The highest BCUT2D eigenvalue weighted by atomic mass is 127. The lowest BCUT2D eigenvalue weighted by Crippen LogP contribution is -2.36. The van der Waals surface area contributed by atoms with E-state index in [0.29, 0.717) is 36.3 Å². The second kappa shape index (κ2) is 11.2. The molecule has 1 fully saturated rings. The molecule has 1 saturated heterocycles. The number of rotatable bonds is 7. The highest BCUT2D eigenvalue weighted by Crippen LogP contribution is 2.27. The highest BCUT2D eigenvalue weighted by Gasteiger charge is 2.27. The number of hydrogen-bond donors (Lipinski definition) is 2. The zero-order chi connectivity index (χ0) is 20.0. The molecule has 3 rings (SSSR count). The second-order valence-corrected chi connectivity index (χ2v) is 9.87. The quantitative estimate of drug-likeness (QED) is 0.309. The molecule has 9 nitrogen and oxygen atoms in total. The molecule has 2 aromatic rings. The number of piperidine rings is 1. The molecule has 2 aromatic heterocycles. The van der Waals surface area contributed by atoms with Crippen LogP contribution >= 0.6 is 35.3 Å². The van der Waals surface area contributed by atoms with Crippen molar-refractivity contribution < 1.29 is 8.42 Å². The van der Waals surface area contributed by atoms with Gasteiger partial charge in [-0.25, -0.2) is 18.4 Å². The number of halogens is 1. The van der Waals surface area contributed by atoms with Crippen LogP contribution in [-0.4, -0.2) is 53.1 Å². The van der Waals surface area contributed by atoms with Crippen molar-refractivity contribution in [3.8, 4) is 0 Å². The number of aliphatic imine (C=N–C) groups is 1. The van der Waals surface area contributed by atoms with Gasteiger partial charge < -0.3 is 10.6 Å². The number of nitrogens with zero attached hydrogens (tertiary/aromatic N) is 5.